The van der Waals surface area contributed by atoms with Gasteiger partial charge in [-0.1, -0.05) is 13.8 Å². The first-order valence-electron chi connectivity index (χ1n) is 8.50. The smallest absolute Gasteiger partial charge is 0.271 e. The molecule has 6 nitrogen and oxygen atoms in total. The number of halogens is 1. The third-order valence-electron chi connectivity index (χ3n) is 4.09. The highest BCUT2D eigenvalue weighted by atomic mass is 19.1. The van der Waals surface area contributed by atoms with Crippen LogP contribution in [-0.2, 0) is 6.54 Å². The van der Waals surface area contributed by atoms with E-state index in [0.717, 1.165) is 4.57 Å². The molecule has 1 aromatic heterocycles. The van der Waals surface area contributed by atoms with Crippen LogP contribution in [0.15, 0.2) is 29.1 Å². The molecule has 2 rings (SSSR count). The summed E-state index contributed by atoms with van der Waals surface area (Å²) in [5, 5.41) is 19.9. The number of nitriles is 1. The summed E-state index contributed by atoms with van der Waals surface area (Å²) in [5.41, 5.74) is -0.836. The summed E-state index contributed by atoms with van der Waals surface area (Å²) >= 11 is 0. The fourth-order valence-electron chi connectivity index (χ4n) is 2.75. The van der Waals surface area contributed by atoms with Crippen molar-refractivity contribution >= 4 is 5.78 Å². The zero-order valence-electron chi connectivity index (χ0n) is 15.6. The van der Waals surface area contributed by atoms with E-state index in [1.54, 1.807) is 0 Å². The van der Waals surface area contributed by atoms with Crippen molar-refractivity contribution in [3.05, 3.63) is 57.1 Å². The van der Waals surface area contributed by atoms with Crippen LogP contribution >= 0.6 is 0 Å². The molecule has 142 valence electrons. The van der Waals surface area contributed by atoms with Gasteiger partial charge in [0.15, 0.2) is 6.10 Å². The van der Waals surface area contributed by atoms with Crippen LogP contribution in [0.4, 0.5) is 4.39 Å². The van der Waals surface area contributed by atoms with Gasteiger partial charge in [-0.05, 0) is 49.6 Å². The van der Waals surface area contributed by atoms with Crippen LogP contribution in [0.5, 0.6) is 11.6 Å². The third-order valence-corrected chi connectivity index (χ3v) is 4.09. The number of nitrogens with zero attached hydrogens (tertiary/aromatic N) is 2. The Morgan fingerprint density at radius 3 is 2.41 bits per heavy atom. The third kappa shape index (κ3) is 4.17. The van der Waals surface area contributed by atoms with Crippen molar-refractivity contribution in [1.82, 2.24) is 4.57 Å². The summed E-state index contributed by atoms with van der Waals surface area (Å²) < 4.78 is 19.6. The van der Waals surface area contributed by atoms with Gasteiger partial charge in [0.1, 0.15) is 23.2 Å². The zero-order valence-corrected chi connectivity index (χ0v) is 15.6. The first-order chi connectivity index (χ1) is 12.7. The lowest BCUT2D eigenvalue weighted by atomic mass is 9.99. The van der Waals surface area contributed by atoms with E-state index in [-0.39, 0.29) is 34.9 Å². The highest BCUT2D eigenvalue weighted by molar-refractivity contribution is 6.03. The van der Waals surface area contributed by atoms with Crippen LogP contribution in [0.3, 0.4) is 0 Å². The largest absolute Gasteiger partial charge is 0.494 e. The van der Waals surface area contributed by atoms with Gasteiger partial charge < -0.3 is 9.84 Å². The van der Waals surface area contributed by atoms with Gasteiger partial charge in [-0.15, -0.1) is 0 Å². The predicted octanol–water partition coefficient (Wildman–Crippen LogP) is 3.18. The fraction of sp³-hybridized carbons (Fsp3) is 0.350. The second-order valence-corrected chi connectivity index (χ2v) is 6.70. The lowest BCUT2D eigenvalue weighted by Gasteiger charge is -2.19. The predicted molar refractivity (Wildman–Crippen MR) is 97.5 cm³/mol. The Kier molecular flexibility index (Phi) is 6.01. The molecule has 0 radical (unpaired) electrons. The standard InChI is InChI=1S/C20H21FN2O4/c1-11(2)10-23-19(25)16(9-22)12(3)17(20(23)26)18(24)13(4)27-15-7-5-14(21)6-8-15/h5-8,11,13,26H,10H2,1-4H3. The average Bonchev–Trinajstić information content (AvgIpc) is 2.60. The molecule has 1 aromatic carbocycles. The first-order valence-corrected chi connectivity index (χ1v) is 8.50. The van der Waals surface area contributed by atoms with E-state index in [9.17, 15) is 24.3 Å². The van der Waals surface area contributed by atoms with Crippen LogP contribution < -0.4 is 10.3 Å². The number of carbonyl (C=O) groups excluding carboxylic acids is 1. The Morgan fingerprint density at radius 1 is 1.30 bits per heavy atom. The molecule has 0 fully saturated rings. The SMILES string of the molecule is Cc1c(C(=O)C(C)Oc2ccc(F)cc2)c(O)n(CC(C)C)c(=O)c1C#N. The Morgan fingerprint density at radius 2 is 1.89 bits per heavy atom. The highest BCUT2D eigenvalue weighted by Gasteiger charge is 2.28. The molecular weight excluding hydrogens is 351 g/mol. The van der Waals surface area contributed by atoms with E-state index in [0.29, 0.717) is 0 Å². The van der Waals surface area contributed by atoms with Crippen molar-refractivity contribution in [1.29, 1.82) is 5.26 Å². The lowest BCUT2D eigenvalue weighted by Crippen LogP contribution is -2.31. The number of aromatic hydroxyl groups is 1. The Bertz CT molecular complexity index is 956. The van der Waals surface area contributed by atoms with Crippen LogP contribution in [0.25, 0.3) is 0 Å². The summed E-state index contributed by atoms with van der Waals surface area (Å²) in [6.45, 7) is 6.78. The van der Waals surface area contributed by atoms with Crippen LogP contribution in [-0.4, -0.2) is 21.6 Å². The topological polar surface area (TPSA) is 92.3 Å². The molecule has 1 heterocycles. The van der Waals surface area contributed by atoms with Crippen LogP contribution in [0.2, 0.25) is 0 Å². The van der Waals surface area contributed by atoms with Gasteiger partial charge in [0.05, 0.1) is 5.56 Å². The monoisotopic (exact) mass is 372 g/mol. The highest BCUT2D eigenvalue weighted by Crippen LogP contribution is 2.25. The van der Waals surface area contributed by atoms with E-state index >= 15 is 0 Å². The van der Waals surface area contributed by atoms with E-state index in [1.807, 2.05) is 19.9 Å². The van der Waals surface area contributed by atoms with Crippen molar-refractivity contribution in [2.45, 2.75) is 40.3 Å². The first kappa shape index (κ1) is 20.2. The molecule has 0 aliphatic rings. The average molecular weight is 372 g/mol. The molecule has 1 N–H and O–H groups in total. The number of ketones is 1. The number of benzene rings is 1. The Labute approximate surface area is 156 Å². The minimum absolute atomic E-state index is 0.0127. The summed E-state index contributed by atoms with van der Waals surface area (Å²) in [6, 6.07) is 6.98. The molecule has 0 saturated heterocycles. The quantitative estimate of drug-likeness (QED) is 0.786. The number of rotatable bonds is 6. The Balaban J connectivity index is 2.49. The molecule has 2 aromatic rings. The summed E-state index contributed by atoms with van der Waals surface area (Å²) in [5.74, 6) is -1.20. The van der Waals surface area contributed by atoms with Gasteiger partial charge in [-0.2, -0.15) is 5.26 Å². The van der Waals surface area contributed by atoms with Crippen LogP contribution in [0, 0.1) is 30.0 Å². The molecule has 27 heavy (non-hydrogen) atoms. The van der Waals surface area contributed by atoms with E-state index in [1.165, 1.54) is 38.1 Å². The maximum atomic E-state index is 13.0. The number of aromatic nitrogens is 1. The number of hydrogen-bond donors (Lipinski definition) is 1. The summed E-state index contributed by atoms with van der Waals surface area (Å²) in [6.07, 6.45) is -1.02. The number of ether oxygens (including phenoxy) is 1. The van der Waals surface area contributed by atoms with Gasteiger partial charge in [0.25, 0.3) is 5.56 Å². The van der Waals surface area contributed by atoms with E-state index < -0.39 is 29.1 Å². The molecule has 1 unspecified atom stereocenters. The molecular formula is C20H21FN2O4. The van der Waals surface area contributed by atoms with Gasteiger partial charge in [0, 0.05) is 6.54 Å². The molecule has 0 spiro atoms. The van der Waals surface area contributed by atoms with Gasteiger partial charge in [0.2, 0.25) is 11.7 Å². The maximum Gasteiger partial charge on any atom is 0.271 e. The van der Waals surface area contributed by atoms with E-state index in [4.69, 9.17) is 4.74 Å². The normalized spacial score (nSPS) is 11.9. The minimum Gasteiger partial charge on any atom is -0.494 e. The molecule has 0 aliphatic heterocycles. The van der Waals surface area contributed by atoms with Gasteiger partial charge >= 0.3 is 0 Å². The molecule has 1 atom stereocenters. The summed E-state index contributed by atoms with van der Waals surface area (Å²) in [7, 11) is 0. The number of hydrogen-bond acceptors (Lipinski definition) is 5. The number of pyridine rings is 1. The molecule has 7 heteroatoms. The second-order valence-electron chi connectivity index (χ2n) is 6.70. The minimum atomic E-state index is -1.02. The van der Waals surface area contributed by atoms with Crippen LogP contribution in [0.1, 0.15) is 42.3 Å². The van der Waals surface area contributed by atoms with Crippen molar-refractivity contribution in [2.75, 3.05) is 0 Å². The fourth-order valence-corrected chi connectivity index (χ4v) is 2.75. The Hall–Kier alpha value is -3.14. The number of Topliss-reactive ketones (excluding diaryl/α,β-unsaturated/α-hetero) is 1. The zero-order chi connectivity index (χ0) is 20.3. The molecule has 0 aliphatic carbocycles. The van der Waals surface area contributed by atoms with Crippen molar-refractivity contribution in [2.24, 2.45) is 5.92 Å². The maximum absolute atomic E-state index is 13.0. The van der Waals surface area contributed by atoms with Crippen molar-refractivity contribution in [3.8, 4) is 17.7 Å². The van der Waals surface area contributed by atoms with Crippen molar-refractivity contribution in [3.63, 3.8) is 0 Å². The number of carbonyl (C=O) groups is 1. The van der Waals surface area contributed by atoms with Gasteiger partial charge in [-0.3, -0.25) is 14.2 Å². The van der Waals surface area contributed by atoms with Gasteiger partial charge in [-0.25, -0.2) is 4.39 Å². The molecule has 0 bridgehead atoms. The van der Waals surface area contributed by atoms with E-state index in [2.05, 4.69) is 0 Å². The molecule has 0 saturated carbocycles. The molecule has 0 amide bonds. The summed E-state index contributed by atoms with van der Waals surface area (Å²) in [4.78, 5) is 25.3. The van der Waals surface area contributed by atoms with Crippen molar-refractivity contribution < 1.29 is 19.0 Å². The lowest BCUT2D eigenvalue weighted by molar-refractivity contribution is 0.0812. The second kappa shape index (κ2) is 8.04.